The molecule has 0 fully saturated rings. The fourth-order valence-electron chi connectivity index (χ4n) is 2.67. The lowest BCUT2D eigenvalue weighted by molar-refractivity contribution is -0.198. The van der Waals surface area contributed by atoms with Gasteiger partial charge in [0.2, 0.25) is 5.54 Å². The van der Waals surface area contributed by atoms with Gasteiger partial charge in [-0.05, 0) is 50.1 Å². The smallest absolute Gasteiger partial charge is 0.423 e. The number of alkyl halides is 3. The maximum absolute atomic E-state index is 14.4. The van der Waals surface area contributed by atoms with E-state index in [1.165, 1.54) is 39.0 Å². The van der Waals surface area contributed by atoms with Gasteiger partial charge in [-0.25, -0.2) is 4.79 Å². The van der Waals surface area contributed by atoms with E-state index in [4.69, 9.17) is 16.3 Å². The van der Waals surface area contributed by atoms with Gasteiger partial charge in [0.25, 0.3) is 0 Å². The number of benzene rings is 2. The van der Waals surface area contributed by atoms with E-state index in [1.807, 2.05) is 0 Å². The van der Waals surface area contributed by atoms with E-state index in [-0.39, 0.29) is 5.02 Å². The van der Waals surface area contributed by atoms with Crippen molar-refractivity contribution in [2.24, 2.45) is 0 Å². The van der Waals surface area contributed by atoms with Crippen molar-refractivity contribution < 1.29 is 27.5 Å². The van der Waals surface area contributed by atoms with Crippen molar-refractivity contribution in [2.75, 3.05) is 0 Å². The zero-order valence-corrected chi connectivity index (χ0v) is 17.3. The van der Waals surface area contributed by atoms with Crippen LogP contribution in [0.2, 0.25) is 5.02 Å². The lowest BCUT2D eigenvalue weighted by atomic mass is 9.84. The molecule has 0 spiro atoms. The van der Waals surface area contributed by atoms with Crippen LogP contribution in [-0.2, 0) is 15.1 Å². The highest BCUT2D eigenvalue weighted by Crippen LogP contribution is 2.41. The molecule has 30 heavy (non-hydrogen) atoms. The maximum atomic E-state index is 14.4. The Morgan fingerprint density at radius 1 is 0.967 bits per heavy atom. The number of ether oxygens (including phenoxy) is 1. The van der Waals surface area contributed by atoms with Gasteiger partial charge in [0.1, 0.15) is 5.60 Å². The van der Waals surface area contributed by atoms with Gasteiger partial charge in [-0.1, -0.05) is 60.1 Å². The highest BCUT2D eigenvalue weighted by atomic mass is 35.5. The first-order valence-corrected chi connectivity index (χ1v) is 9.34. The number of ketones is 1. The quantitative estimate of drug-likeness (QED) is 0.590. The number of hydrogen-bond donors (Lipinski definition) is 1. The third kappa shape index (κ3) is 5.63. The number of nitrogens with one attached hydrogen (secondary N) is 1. The van der Waals surface area contributed by atoms with Crippen molar-refractivity contribution in [1.82, 2.24) is 5.32 Å². The van der Waals surface area contributed by atoms with Crippen molar-refractivity contribution >= 4 is 29.6 Å². The Bertz CT molecular complexity index is 919. The summed E-state index contributed by atoms with van der Waals surface area (Å²) in [4.78, 5) is 25.3. The molecular weight excluding hydrogens is 419 g/mol. The van der Waals surface area contributed by atoms with Crippen molar-refractivity contribution in [3.05, 3.63) is 76.8 Å². The summed E-state index contributed by atoms with van der Waals surface area (Å²) in [6.07, 6.45) is -4.52. The van der Waals surface area contributed by atoms with Gasteiger partial charge in [0.05, 0.1) is 0 Å². The van der Waals surface area contributed by atoms with Crippen LogP contribution in [0.4, 0.5) is 18.0 Å². The van der Waals surface area contributed by atoms with Gasteiger partial charge < -0.3 is 4.74 Å². The molecule has 8 heteroatoms. The number of carbonyl (C=O) groups is 2. The van der Waals surface area contributed by atoms with E-state index in [0.29, 0.717) is 5.56 Å². The normalized spacial score (nSPS) is 14.2. The molecule has 0 saturated heterocycles. The molecule has 1 N–H and O–H groups in total. The molecule has 0 aliphatic rings. The number of amides is 1. The number of carbonyl (C=O) groups excluding carboxylic acids is 2. The second kappa shape index (κ2) is 8.92. The van der Waals surface area contributed by atoms with Crippen LogP contribution in [0.1, 0.15) is 31.9 Å². The van der Waals surface area contributed by atoms with E-state index in [0.717, 1.165) is 18.2 Å². The van der Waals surface area contributed by atoms with E-state index in [9.17, 15) is 22.8 Å². The topological polar surface area (TPSA) is 55.4 Å². The summed E-state index contributed by atoms with van der Waals surface area (Å²) in [5.41, 5.74) is -4.39. The van der Waals surface area contributed by atoms with Gasteiger partial charge in [-0.15, -0.1) is 0 Å². The minimum atomic E-state index is -5.17. The molecule has 0 saturated carbocycles. The zero-order chi connectivity index (χ0) is 22.6. The second-order valence-corrected chi connectivity index (χ2v) is 7.93. The zero-order valence-electron chi connectivity index (χ0n) is 16.6. The minimum Gasteiger partial charge on any atom is -0.444 e. The Morgan fingerprint density at radius 3 is 2.03 bits per heavy atom. The lowest BCUT2D eigenvalue weighted by Crippen LogP contribution is -2.61. The Hall–Kier alpha value is -2.80. The van der Waals surface area contributed by atoms with Gasteiger partial charge in [-0.2, -0.15) is 13.2 Å². The predicted octanol–water partition coefficient (Wildman–Crippen LogP) is 5.90. The van der Waals surface area contributed by atoms with Crippen molar-refractivity contribution in [3.63, 3.8) is 0 Å². The molecular formula is C22H21ClF3NO3. The molecule has 1 amide bonds. The molecule has 2 aromatic rings. The van der Waals surface area contributed by atoms with Crippen LogP contribution in [-0.4, -0.2) is 23.7 Å². The van der Waals surface area contributed by atoms with E-state index < -0.39 is 34.8 Å². The molecule has 0 aromatic heterocycles. The molecule has 0 aliphatic carbocycles. The summed E-state index contributed by atoms with van der Waals surface area (Å²) in [6.45, 7) is 4.50. The molecule has 2 aromatic carbocycles. The molecule has 0 heterocycles. The number of hydrogen-bond acceptors (Lipinski definition) is 3. The Balaban J connectivity index is 2.58. The number of halogens is 4. The molecule has 2 rings (SSSR count). The second-order valence-electron chi connectivity index (χ2n) is 7.49. The molecule has 1 atom stereocenters. The van der Waals surface area contributed by atoms with E-state index in [2.05, 4.69) is 0 Å². The van der Waals surface area contributed by atoms with Gasteiger partial charge in [0.15, 0.2) is 5.78 Å². The largest absolute Gasteiger partial charge is 0.444 e. The lowest BCUT2D eigenvalue weighted by Gasteiger charge is -2.35. The minimum absolute atomic E-state index is 0.180. The van der Waals surface area contributed by atoms with Crippen molar-refractivity contribution in [1.29, 1.82) is 0 Å². The van der Waals surface area contributed by atoms with Crippen LogP contribution < -0.4 is 5.32 Å². The van der Waals surface area contributed by atoms with Crippen LogP contribution in [0.15, 0.2) is 60.7 Å². The van der Waals surface area contributed by atoms with E-state index >= 15 is 0 Å². The van der Waals surface area contributed by atoms with E-state index in [1.54, 1.807) is 35.6 Å². The monoisotopic (exact) mass is 439 g/mol. The van der Waals surface area contributed by atoms with Gasteiger partial charge in [-0.3, -0.25) is 10.1 Å². The van der Waals surface area contributed by atoms with Crippen LogP contribution in [0.3, 0.4) is 0 Å². The predicted molar refractivity (Wildman–Crippen MR) is 109 cm³/mol. The molecule has 1 unspecified atom stereocenters. The fraction of sp³-hybridized carbons (Fsp3) is 0.273. The molecule has 0 aliphatic heterocycles. The first kappa shape index (κ1) is 23.5. The Kier molecular flexibility index (Phi) is 6.98. The SMILES string of the molecule is CC(C)(C)OC(=O)NC(C(=O)/C=C\c1ccccc1)(c1ccc(Cl)cc1)C(F)(F)F. The van der Waals surface area contributed by atoms with Crippen LogP contribution in [0.5, 0.6) is 0 Å². The first-order valence-electron chi connectivity index (χ1n) is 8.97. The van der Waals surface area contributed by atoms with Crippen LogP contribution in [0.25, 0.3) is 6.08 Å². The highest BCUT2D eigenvalue weighted by Gasteiger charge is 2.62. The Morgan fingerprint density at radius 2 is 1.53 bits per heavy atom. The molecule has 0 bridgehead atoms. The third-order valence-electron chi connectivity index (χ3n) is 3.99. The summed E-state index contributed by atoms with van der Waals surface area (Å²) in [6, 6.07) is 12.9. The van der Waals surface area contributed by atoms with Gasteiger partial charge in [0, 0.05) is 5.02 Å². The molecule has 0 radical (unpaired) electrons. The number of alkyl carbamates (subject to hydrolysis) is 1. The Labute approximate surface area is 177 Å². The summed E-state index contributed by atoms with van der Waals surface area (Å²) in [7, 11) is 0. The van der Waals surface area contributed by atoms with Crippen molar-refractivity contribution in [3.8, 4) is 0 Å². The summed E-state index contributed by atoms with van der Waals surface area (Å²) in [5.74, 6) is -1.38. The summed E-state index contributed by atoms with van der Waals surface area (Å²) in [5, 5.41) is 1.95. The standard InChI is InChI=1S/C22H21ClF3NO3/c1-20(2,3)30-19(29)27-21(22(24,25)26,16-10-12-17(23)13-11-16)18(28)14-9-15-7-5-4-6-8-15/h4-14H,1-3H3,(H,27,29)/b14-9-. The average molecular weight is 440 g/mol. The highest BCUT2D eigenvalue weighted by molar-refractivity contribution is 6.30. The first-order chi connectivity index (χ1) is 13.8. The van der Waals surface area contributed by atoms with Crippen LogP contribution in [0, 0.1) is 0 Å². The summed E-state index contributed by atoms with van der Waals surface area (Å²) < 4.78 is 48.1. The fourth-order valence-corrected chi connectivity index (χ4v) is 2.79. The molecule has 160 valence electrons. The summed E-state index contributed by atoms with van der Waals surface area (Å²) >= 11 is 5.80. The maximum Gasteiger partial charge on any atom is 0.423 e. The third-order valence-corrected chi connectivity index (χ3v) is 4.24. The van der Waals surface area contributed by atoms with Crippen LogP contribution >= 0.6 is 11.6 Å². The molecule has 4 nitrogen and oxygen atoms in total. The van der Waals surface area contributed by atoms with Crippen molar-refractivity contribution in [2.45, 2.75) is 38.1 Å². The average Bonchev–Trinajstić information content (AvgIpc) is 2.63. The number of rotatable bonds is 5. The van der Waals surface area contributed by atoms with Gasteiger partial charge >= 0.3 is 12.3 Å².